The lowest BCUT2D eigenvalue weighted by molar-refractivity contribution is -0.384. The normalized spacial score (nSPS) is 10.7. The van der Waals surface area contributed by atoms with Crippen LogP contribution in [0.2, 0.25) is 0 Å². The van der Waals surface area contributed by atoms with Gasteiger partial charge in [-0.2, -0.15) is 0 Å². The molecule has 0 bridgehead atoms. The first-order valence-corrected chi connectivity index (χ1v) is 6.45. The summed E-state index contributed by atoms with van der Waals surface area (Å²) in [5.74, 6) is 0. The predicted octanol–water partition coefficient (Wildman–Crippen LogP) is 3.41. The molecule has 0 amide bonds. The summed E-state index contributed by atoms with van der Waals surface area (Å²) in [6.07, 6.45) is 2.76. The summed E-state index contributed by atoms with van der Waals surface area (Å²) < 4.78 is 2.02. The molecule has 1 heterocycles. The van der Waals surface area contributed by atoms with Gasteiger partial charge in [0.05, 0.1) is 4.92 Å². The minimum Gasteiger partial charge on any atom is -0.343 e. The Kier molecular flexibility index (Phi) is 3.23. The number of nitro benzene ring substituents is 1. The summed E-state index contributed by atoms with van der Waals surface area (Å²) in [5, 5.41) is 11.6. The molecule has 5 nitrogen and oxygen atoms in total. The maximum atomic E-state index is 11.0. The van der Waals surface area contributed by atoms with Crippen LogP contribution in [0.25, 0.3) is 10.9 Å². The molecule has 0 saturated heterocycles. The summed E-state index contributed by atoms with van der Waals surface area (Å²) in [6.45, 7) is 0.601. The fraction of sp³-hybridized carbons (Fsp3) is 0.0625. The molecule has 1 aromatic heterocycles. The zero-order valence-electron chi connectivity index (χ0n) is 11.1. The number of rotatable bonds is 4. The average Bonchev–Trinajstić information content (AvgIpc) is 2.91. The van der Waals surface area contributed by atoms with Crippen molar-refractivity contribution in [2.75, 3.05) is 0 Å². The lowest BCUT2D eigenvalue weighted by atomic mass is 10.1. The fourth-order valence-electron chi connectivity index (χ4n) is 2.41. The summed E-state index contributed by atoms with van der Waals surface area (Å²) in [4.78, 5) is 21.2. The minimum absolute atomic E-state index is 0.0827. The first-order valence-electron chi connectivity index (χ1n) is 6.45. The van der Waals surface area contributed by atoms with Gasteiger partial charge in [-0.3, -0.25) is 14.9 Å². The van der Waals surface area contributed by atoms with E-state index in [4.69, 9.17) is 0 Å². The van der Waals surface area contributed by atoms with Crippen molar-refractivity contribution in [3.63, 3.8) is 0 Å². The van der Waals surface area contributed by atoms with Crippen LogP contribution in [0.1, 0.15) is 15.9 Å². The Bertz CT molecular complexity index is 819. The molecule has 5 heteroatoms. The zero-order valence-corrected chi connectivity index (χ0v) is 11.1. The van der Waals surface area contributed by atoms with Crippen molar-refractivity contribution in [1.29, 1.82) is 0 Å². The van der Waals surface area contributed by atoms with E-state index >= 15 is 0 Å². The van der Waals surface area contributed by atoms with Crippen LogP contribution in [0.3, 0.4) is 0 Å². The number of nitro groups is 1. The zero-order chi connectivity index (χ0) is 14.8. The van der Waals surface area contributed by atoms with Crippen LogP contribution in [0, 0.1) is 10.1 Å². The smallest absolute Gasteiger partial charge is 0.269 e. The van der Waals surface area contributed by atoms with Crippen LogP contribution in [0.15, 0.2) is 54.7 Å². The minimum atomic E-state index is -0.412. The van der Waals surface area contributed by atoms with E-state index in [0.717, 1.165) is 22.8 Å². The van der Waals surface area contributed by atoms with Gasteiger partial charge < -0.3 is 4.57 Å². The van der Waals surface area contributed by atoms with E-state index in [2.05, 4.69) is 0 Å². The second-order valence-electron chi connectivity index (χ2n) is 4.77. The maximum Gasteiger partial charge on any atom is 0.269 e. The van der Waals surface area contributed by atoms with Gasteiger partial charge >= 0.3 is 0 Å². The lowest BCUT2D eigenvalue weighted by Crippen LogP contribution is -1.98. The number of non-ortho nitro benzene ring substituents is 1. The Morgan fingerprint density at radius 2 is 1.86 bits per heavy atom. The van der Waals surface area contributed by atoms with Gasteiger partial charge in [-0.15, -0.1) is 0 Å². The molecule has 3 aromatic rings. The van der Waals surface area contributed by atoms with Crippen LogP contribution in [0.4, 0.5) is 5.69 Å². The number of carbonyl (C=O) groups excluding carboxylic acids is 1. The number of benzene rings is 2. The first kappa shape index (κ1) is 13.1. The predicted molar refractivity (Wildman–Crippen MR) is 79.5 cm³/mol. The van der Waals surface area contributed by atoms with Crippen molar-refractivity contribution in [1.82, 2.24) is 4.57 Å². The number of carbonyl (C=O) groups is 1. The Morgan fingerprint density at radius 1 is 1.10 bits per heavy atom. The van der Waals surface area contributed by atoms with Crippen molar-refractivity contribution >= 4 is 22.9 Å². The maximum absolute atomic E-state index is 11.0. The van der Waals surface area contributed by atoms with Gasteiger partial charge in [0.1, 0.15) is 0 Å². The van der Waals surface area contributed by atoms with E-state index < -0.39 is 4.92 Å². The van der Waals surface area contributed by atoms with Gasteiger partial charge in [-0.25, -0.2) is 0 Å². The SMILES string of the molecule is O=Cc1cccc2c1ccn2Cc1ccc([N+](=O)[O-])cc1. The van der Waals surface area contributed by atoms with Gasteiger partial charge in [0, 0.05) is 41.3 Å². The third-order valence-corrected chi connectivity index (χ3v) is 3.47. The standard InChI is InChI=1S/C16H12N2O3/c19-11-13-2-1-3-16-15(13)8-9-17(16)10-12-4-6-14(7-5-12)18(20)21/h1-9,11H,10H2. The molecule has 2 aromatic carbocycles. The first-order chi connectivity index (χ1) is 10.2. The molecule has 0 aliphatic heterocycles. The highest BCUT2D eigenvalue weighted by Gasteiger charge is 2.07. The summed E-state index contributed by atoms with van der Waals surface area (Å²) in [6, 6.07) is 14.0. The third-order valence-electron chi connectivity index (χ3n) is 3.47. The largest absolute Gasteiger partial charge is 0.343 e. The quantitative estimate of drug-likeness (QED) is 0.418. The van der Waals surface area contributed by atoms with Gasteiger partial charge in [0.25, 0.3) is 5.69 Å². The fourth-order valence-corrected chi connectivity index (χ4v) is 2.41. The Hall–Kier alpha value is -2.95. The topological polar surface area (TPSA) is 65.1 Å². The highest BCUT2D eigenvalue weighted by molar-refractivity contribution is 5.97. The number of hydrogen-bond donors (Lipinski definition) is 0. The van der Waals surface area contributed by atoms with E-state index in [1.807, 2.05) is 29.0 Å². The number of nitrogens with zero attached hydrogens (tertiary/aromatic N) is 2. The molecule has 0 spiro atoms. The molecule has 3 rings (SSSR count). The van der Waals surface area contributed by atoms with E-state index in [1.54, 1.807) is 18.2 Å². The van der Waals surface area contributed by atoms with E-state index in [9.17, 15) is 14.9 Å². The molecule has 0 N–H and O–H groups in total. The summed E-state index contributed by atoms with van der Waals surface area (Å²) in [7, 11) is 0. The van der Waals surface area contributed by atoms with Crippen molar-refractivity contribution in [3.8, 4) is 0 Å². The van der Waals surface area contributed by atoms with Crippen LogP contribution >= 0.6 is 0 Å². The van der Waals surface area contributed by atoms with E-state index in [1.165, 1.54) is 12.1 Å². The second-order valence-corrected chi connectivity index (χ2v) is 4.77. The van der Waals surface area contributed by atoms with E-state index in [0.29, 0.717) is 12.1 Å². The number of hydrogen-bond acceptors (Lipinski definition) is 3. The van der Waals surface area contributed by atoms with Crippen LogP contribution in [0.5, 0.6) is 0 Å². The number of fused-ring (bicyclic) bond motifs is 1. The highest BCUT2D eigenvalue weighted by atomic mass is 16.6. The van der Waals surface area contributed by atoms with Crippen LogP contribution < -0.4 is 0 Å². The number of aldehydes is 1. The molecule has 104 valence electrons. The van der Waals surface area contributed by atoms with Crippen LogP contribution in [-0.4, -0.2) is 15.8 Å². The van der Waals surface area contributed by atoms with Crippen molar-refractivity contribution in [2.45, 2.75) is 6.54 Å². The third kappa shape index (κ3) is 2.41. The Labute approximate surface area is 120 Å². The molecule has 0 unspecified atom stereocenters. The summed E-state index contributed by atoms with van der Waals surface area (Å²) in [5.41, 5.74) is 2.68. The van der Waals surface area contributed by atoms with Crippen molar-refractivity contribution in [2.24, 2.45) is 0 Å². The molecule has 0 fully saturated rings. The Balaban J connectivity index is 1.95. The molecule has 0 aliphatic carbocycles. The molecule has 21 heavy (non-hydrogen) atoms. The number of aromatic nitrogens is 1. The Morgan fingerprint density at radius 3 is 2.52 bits per heavy atom. The lowest BCUT2D eigenvalue weighted by Gasteiger charge is -2.06. The van der Waals surface area contributed by atoms with Gasteiger partial charge in [-0.1, -0.05) is 24.3 Å². The van der Waals surface area contributed by atoms with Crippen molar-refractivity contribution in [3.05, 3.63) is 76.0 Å². The average molecular weight is 280 g/mol. The van der Waals surface area contributed by atoms with Crippen molar-refractivity contribution < 1.29 is 9.72 Å². The molecular weight excluding hydrogens is 268 g/mol. The van der Waals surface area contributed by atoms with Gasteiger partial charge in [-0.05, 0) is 17.7 Å². The molecule has 0 aliphatic rings. The highest BCUT2D eigenvalue weighted by Crippen LogP contribution is 2.21. The summed E-state index contributed by atoms with van der Waals surface area (Å²) >= 11 is 0. The monoisotopic (exact) mass is 280 g/mol. The molecule has 0 atom stereocenters. The van der Waals surface area contributed by atoms with Crippen LogP contribution in [-0.2, 0) is 6.54 Å². The molecule has 0 radical (unpaired) electrons. The molecular formula is C16H12N2O3. The van der Waals surface area contributed by atoms with E-state index in [-0.39, 0.29) is 5.69 Å². The second kappa shape index (κ2) is 5.20. The van der Waals surface area contributed by atoms with Gasteiger partial charge in [0.2, 0.25) is 0 Å². The van der Waals surface area contributed by atoms with Gasteiger partial charge in [0.15, 0.2) is 6.29 Å². The molecule has 0 saturated carbocycles.